The molecule has 0 aliphatic rings. The second-order valence-corrected chi connectivity index (χ2v) is 3.18. The van der Waals surface area contributed by atoms with Gasteiger partial charge in [-0.15, -0.1) is 0 Å². The van der Waals surface area contributed by atoms with E-state index >= 15 is 0 Å². The molecule has 0 atom stereocenters. The molecule has 0 saturated heterocycles. The molecule has 0 amide bonds. The summed E-state index contributed by atoms with van der Waals surface area (Å²) >= 11 is 0. The van der Waals surface area contributed by atoms with Crippen LogP contribution in [-0.4, -0.2) is 0 Å². The van der Waals surface area contributed by atoms with Crippen molar-refractivity contribution < 1.29 is 19.4 Å². The van der Waals surface area contributed by atoms with Crippen molar-refractivity contribution in [2.24, 2.45) is 0 Å². The van der Waals surface area contributed by atoms with E-state index in [1.807, 2.05) is 0 Å². The summed E-state index contributed by atoms with van der Waals surface area (Å²) in [5, 5.41) is 5.89. The van der Waals surface area contributed by atoms with Crippen LogP contribution in [-0.2, 0) is 0 Å². The van der Waals surface area contributed by atoms with E-state index < -0.39 is 15.6 Å². The van der Waals surface area contributed by atoms with E-state index in [4.69, 9.17) is 5.26 Å². The van der Waals surface area contributed by atoms with Crippen molar-refractivity contribution in [2.75, 3.05) is 0 Å². The quantitative estimate of drug-likeness (QED) is 0.387. The Morgan fingerprint density at radius 1 is 1.00 bits per heavy atom. The normalized spacial score (nSPS) is 20.5. The lowest BCUT2D eigenvalue weighted by Crippen LogP contribution is -1.98. The standard InChI is InChI=1S/CF5NS/c2-8(3,4,5,6)1-7. The third kappa shape index (κ3) is 5.49. The van der Waals surface area contributed by atoms with Gasteiger partial charge >= 0.3 is 10.2 Å². The van der Waals surface area contributed by atoms with Gasteiger partial charge in [-0.1, -0.05) is 19.4 Å². The summed E-state index contributed by atoms with van der Waals surface area (Å²) in [6.07, 6.45) is 0. The fourth-order valence-corrected chi connectivity index (χ4v) is 0. The molecule has 0 fully saturated rings. The van der Waals surface area contributed by atoms with Gasteiger partial charge in [0.05, 0.1) is 0 Å². The second-order valence-electron chi connectivity index (χ2n) is 1.06. The van der Waals surface area contributed by atoms with E-state index in [0.29, 0.717) is 0 Å². The highest BCUT2D eigenvalue weighted by Gasteiger charge is 2.64. The summed E-state index contributed by atoms with van der Waals surface area (Å²) in [5.41, 5.74) is 0. The number of nitriles is 1. The van der Waals surface area contributed by atoms with E-state index in [-0.39, 0.29) is 0 Å². The molecule has 7 heteroatoms. The van der Waals surface area contributed by atoms with Crippen molar-refractivity contribution in [3.8, 4) is 5.40 Å². The molecule has 0 aromatic rings. The summed E-state index contributed by atoms with van der Waals surface area (Å²) < 4.78 is 52.9. The first-order valence-corrected chi connectivity index (χ1v) is 3.15. The van der Waals surface area contributed by atoms with Crippen LogP contribution in [0.25, 0.3) is 0 Å². The van der Waals surface area contributed by atoms with Gasteiger partial charge in [0.25, 0.3) is 0 Å². The predicted octanol–water partition coefficient (Wildman–Crippen LogP) is 2.77. The fraction of sp³-hybridized carbons (Fsp3) is 0. The summed E-state index contributed by atoms with van der Waals surface area (Å²) in [6, 6.07) is 0. The van der Waals surface area contributed by atoms with Crippen molar-refractivity contribution in [1.29, 1.82) is 5.26 Å². The number of halogens is 5. The van der Waals surface area contributed by atoms with E-state index in [2.05, 4.69) is 0 Å². The van der Waals surface area contributed by atoms with Gasteiger partial charge in [-0.05, 0) is 0 Å². The summed E-state index contributed by atoms with van der Waals surface area (Å²) in [7, 11) is -9.70. The molecule has 0 rings (SSSR count). The third-order valence-corrected chi connectivity index (χ3v) is 0.518. The molecule has 0 aliphatic carbocycles. The first-order chi connectivity index (χ1) is 3.04. The minimum Gasteiger partial charge on any atom is -0.176 e. The number of thiocyanates is 1. The Labute approximate surface area is 41.4 Å². The predicted molar refractivity (Wildman–Crippen MR) is 18.7 cm³/mol. The first kappa shape index (κ1) is 7.49. The molecule has 0 heterocycles. The number of hydrogen-bond acceptors (Lipinski definition) is 1. The van der Waals surface area contributed by atoms with E-state index in [0.717, 1.165) is 0 Å². The Morgan fingerprint density at radius 2 is 1.12 bits per heavy atom. The van der Waals surface area contributed by atoms with Gasteiger partial charge in [-0.3, -0.25) is 0 Å². The van der Waals surface area contributed by atoms with Crippen LogP contribution in [0.1, 0.15) is 0 Å². The maximum atomic E-state index is 10.6. The SMILES string of the molecule is N#CS(F)(F)(F)(F)F. The van der Waals surface area contributed by atoms with Crippen molar-refractivity contribution in [1.82, 2.24) is 0 Å². The van der Waals surface area contributed by atoms with E-state index in [1.54, 1.807) is 0 Å². The zero-order valence-electron chi connectivity index (χ0n) is 3.25. The lowest BCUT2D eigenvalue weighted by atomic mass is 11.8. The van der Waals surface area contributed by atoms with Gasteiger partial charge in [0, 0.05) is 0 Å². The minimum absolute atomic E-state index is 0.958. The first-order valence-electron chi connectivity index (χ1n) is 1.20. The van der Waals surface area contributed by atoms with Crippen LogP contribution in [0.2, 0.25) is 0 Å². The number of rotatable bonds is 0. The second kappa shape index (κ2) is 0.815. The highest BCUT2D eigenvalue weighted by Crippen LogP contribution is 2.97. The average Bonchev–Trinajstić information content (AvgIpc) is 1.30. The molecular formula is CF5NS. The van der Waals surface area contributed by atoms with Crippen molar-refractivity contribution >= 4 is 10.2 Å². The van der Waals surface area contributed by atoms with Crippen LogP contribution in [0.4, 0.5) is 19.4 Å². The van der Waals surface area contributed by atoms with Gasteiger partial charge in [-0.25, -0.2) is 0 Å². The summed E-state index contributed by atoms with van der Waals surface area (Å²) in [4.78, 5) is 0. The van der Waals surface area contributed by atoms with Crippen molar-refractivity contribution in [3.05, 3.63) is 0 Å². The van der Waals surface area contributed by atoms with Crippen molar-refractivity contribution in [2.45, 2.75) is 0 Å². The zero-order chi connectivity index (χ0) is 7.12. The average molecular weight is 153 g/mol. The van der Waals surface area contributed by atoms with Crippen molar-refractivity contribution in [3.63, 3.8) is 0 Å². The van der Waals surface area contributed by atoms with E-state index in [9.17, 15) is 19.4 Å². The topological polar surface area (TPSA) is 23.8 Å². The monoisotopic (exact) mass is 153 g/mol. The lowest BCUT2D eigenvalue weighted by Gasteiger charge is -2.30. The Bertz CT molecular complexity index is 143. The van der Waals surface area contributed by atoms with Gasteiger partial charge in [-0.2, -0.15) is 5.26 Å². The van der Waals surface area contributed by atoms with Crippen LogP contribution in [0.15, 0.2) is 0 Å². The Kier molecular flexibility index (Phi) is 0.763. The molecular weight excluding hydrogens is 153 g/mol. The van der Waals surface area contributed by atoms with Gasteiger partial charge in [0.2, 0.25) is 5.40 Å². The van der Waals surface area contributed by atoms with Gasteiger partial charge < -0.3 is 0 Å². The number of hydrogen-bond donors (Lipinski definition) is 0. The molecule has 0 aromatic carbocycles. The number of nitrogens with zero attached hydrogens (tertiary/aromatic N) is 1. The largest absolute Gasteiger partial charge is 0.368 e. The maximum Gasteiger partial charge on any atom is 0.368 e. The fourth-order valence-electron chi connectivity index (χ4n) is 0. The molecule has 0 saturated carbocycles. The summed E-state index contributed by atoms with van der Waals surface area (Å²) in [5.74, 6) is 0. The molecule has 0 aliphatic heterocycles. The Balaban J connectivity index is 4.88. The molecule has 0 aromatic heterocycles. The van der Waals surface area contributed by atoms with Crippen LogP contribution >= 0.6 is 10.2 Å². The zero-order valence-corrected chi connectivity index (χ0v) is 4.06. The van der Waals surface area contributed by atoms with Crippen LogP contribution < -0.4 is 0 Å². The highest BCUT2D eigenvalue weighted by atomic mass is 32.5. The van der Waals surface area contributed by atoms with Crippen LogP contribution in [0, 0.1) is 10.7 Å². The Hall–Kier alpha value is -0.510. The van der Waals surface area contributed by atoms with Gasteiger partial charge in [0.1, 0.15) is 0 Å². The molecule has 0 bridgehead atoms. The van der Waals surface area contributed by atoms with Crippen LogP contribution in [0.5, 0.6) is 0 Å². The van der Waals surface area contributed by atoms with E-state index in [1.165, 1.54) is 0 Å². The molecule has 0 spiro atoms. The molecule has 50 valence electrons. The van der Waals surface area contributed by atoms with Crippen LogP contribution in [0.3, 0.4) is 0 Å². The highest BCUT2D eigenvalue weighted by molar-refractivity contribution is 8.49. The molecule has 0 radical (unpaired) electrons. The molecule has 0 N–H and O–H groups in total. The minimum atomic E-state index is -9.70. The lowest BCUT2D eigenvalue weighted by molar-refractivity contribution is 0.387. The maximum absolute atomic E-state index is 10.6. The smallest absolute Gasteiger partial charge is 0.176 e. The Morgan fingerprint density at radius 3 is 1.12 bits per heavy atom. The molecule has 0 unspecified atom stereocenters. The molecule has 8 heavy (non-hydrogen) atoms. The third-order valence-electron chi connectivity index (χ3n) is 0.173. The van der Waals surface area contributed by atoms with Gasteiger partial charge in [0.15, 0.2) is 0 Å². The molecule has 1 nitrogen and oxygen atoms in total. The summed E-state index contributed by atoms with van der Waals surface area (Å²) in [6.45, 7) is 0.